The SMILES string of the molecule is CCC1=C(Cl)C(Cl)N(CC)[C]=C1Cl. The molecule has 0 aromatic heterocycles. The molecule has 1 aliphatic rings. The van der Waals surface area contributed by atoms with Crippen molar-refractivity contribution in [3.8, 4) is 0 Å². The van der Waals surface area contributed by atoms with Gasteiger partial charge in [-0.1, -0.05) is 41.7 Å². The molecule has 0 N–H and O–H groups in total. The molecule has 1 heterocycles. The molecule has 4 heteroatoms. The van der Waals surface area contributed by atoms with E-state index >= 15 is 0 Å². The van der Waals surface area contributed by atoms with E-state index in [0.29, 0.717) is 10.1 Å². The van der Waals surface area contributed by atoms with Crippen LogP contribution in [0.1, 0.15) is 20.3 Å². The predicted octanol–water partition coefficient (Wildman–Crippen LogP) is 3.67. The molecule has 0 aromatic carbocycles. The molecule has 73 valence electrons. The number of nitrogens with zero attached hydrogens (tertiary/aromatic N) is 1. The summed E-state index contributed by atoms with van der Waals surface area (Å²) >= 11 is 18.1. The van der Waals surface area contributed by atoms with E-state index in [9.17, 15) is 0 Å². The first-order valence-corrected chi connectivity index (χ1v) is 5.39. The third kappa shape index (κ3) is 2.15. The highest BCUT2D eigenvalue weighted by molar-refractivity contribution is 6.40. The minimum atomic E-state index is -0.316. The molecule has 0 saturated heterocycles. The highest BCUT2D eigenvalue weighted by Gasteiger charge is 2.24. The second-order valence-corrected chi connectivity index (χ2v) is 3.93. The fourth-order valence-corrected chi connectivity index (χ4v) is 2.26. The van der Waals surface area contributed by atoms with Crippen molar-refractivity contribution in [1.29, 1.82) is 0 Å². The van der Waals surface area contributed by atoms with Crippen LogP contribution in [0.2, 0.25) is 0 Å². The number of hydrogen-bond donors (Lipinski definition) is 0. The van der Waals surface area contributed by atoms with Crippen LogP contribution in [0.3, 0.4) is 0 Å². The van der Waals surface area contributed by atoms with Gasteiger partial charge in [-0.3, -0.25) is 0 Å². The van der Waals surface area contributed by atoms with E-state index in [-0.39, 0.29) is 5.50 Å². The molecule has 0 amide bonds. The summed E-state index contributed by atoms with van der Waals surface area (Å²) in [4.78, 5) is 1.78. The Hall–Kier alpha value is 0.150. The van der Waals surface area contributed by atoms with E-state index in [1.807, 2.05) is 13.8 Å². The van der Waals surface area contributed by atoms with Crippen molar-refractivity contribution in [2.75, 3.05) is 6.54 Å². The lowest BCUT2D eigenvalue weighted by molar-refractivity contribution is 0.376. The first-order chi connectivity index (χ1) is 6.11. The van der Waals surface area contributed by atoms with Crippen molar-refractivity contribution in [3.63, 3.8) is 0 Å². The lowest BCUT2D eigenvalue weighted by atomic mass is 10.1. The maximum absolute atomic E-state index is 6.07. The molecule has 0 saturated carbocycles. The summed E-state index contributed by atoms with van der Waals surface area (Å²) < 4.78 is 0. The van der Waals surface area contributed by atoms with Gasteiger partial charge >= 0.3 is 0 Å². The van der Waals surface area contributed by atoms with E-state index in [0.717, 1.165) is 18.5 Å². The van der Waals surface area contributed by atoms with E-state index in [4.69, 9.17) is 34.8 Å². The fourth-order valence-electron chi connectivity index (χ4n) is 1.20. The molecule has 0 fully saturated rings. The van der Waals surface area contributed by atoms with E-state index in [1.165, 1.54) is 0 Å². The van der Waals surface area contributed by atoms with Gasteiger partial charge in [0, 0.05) is 6.54 Å². The topological polar surface area (TPSA) is 3.24 Å². The standard InChI is InChI=1S/C9H11Cl3N/c1-3-6-7(10)5-13(4-2)9(12)8(6)11/h9H,3-4H2,1-2H3. The van der Waals surface area contributed by atoms with Gasteiger partial charge in [0.25, 0.3) is 0 Å². The minimum absolute atomic E-state index is 0.316. The molecule has 1 radical (unpaired) electrons. The minimum Gasteiger partial charge on any atom is -0.348 e. The third-order valence-electron chi connectivity index (χ3n) is 1.97. The normalized spacial score (nSPS) is 23.6. The highest BCUT2D eigenvalue weighted by atomic mass is 35.5. The van der Waals surface area contributed by atoms with Crippen LogP contribution in [0.25, 0.3) is 0 Å². The van der Waals surface area contributed by atoms with Crippen molar-refractivity contribution < 1.29 is 0 Å². The van der Waals surface area contributed by atoms with Crippen molar-refractivity contribution in [3.05, 3.63) is 21.8 Å². The summed E-state index contributed by atoms with van der Waals surface area (Å²) in [6, 6.07) is 0. The zero-order chi connectivity index (χ0) is 10.0. The van der Waals surface area contributed by atoms with Crippen LogP contribution in [0.5, 0.6) is 0 Å². The zero-order valence-electron chi connectivity index (χ0n) is 7.57. The third-order valence-corrected chi connectivity index (χ3v) is 3.29. The average molecular weight is 240 g/mol. The number of allylic oxidation sites excluding steroid dienone is 2. The van der Waals surface area contributed by atoms with E-state index in [1.54, 1.807) is 4.90 Å². The molecule has 0 aromatic rings. The van der Waals surface area contributed by atoms with Crippen LogP contribution >= 0.6 is 34.8 Å². The number of alkyl halides is 1. The van der Waals surface area contributed by atoms with Crippen LogP contribution in [0.4, 0.5) is 0 Å². The number of halogens is 3. The Kier molecular flexibility index (Phi) is 3.96. The average Bonchev–Trinajstić information content (AvgIpc) is 2.12. The summed E-state index contributed by atoms with van der Waals surface area (Å²) in [5.74, 6) is 0. The largest absolute Gasteiger partial charge is 0.348 e. The molecule has 1 rings (SSSR count). The van der Waals surface area contributed by atoms with Crippen LogP contribution < -0.4 is 0 Å². The summed E-state index contributed by atoms with van der Waals surface area (Å²) in [6.45, 7) is 4.72. The van der Waals surface area contributed by atoms with Gasteiger partial charge in [-0.05, 0) is 18.9 Å². The number of likely N-dealkylation sites (N-methyl/N-ethyl adjacent to an activating group) is 1. The molecule has 1 aliphatic heterocycles. The van der Waals surface area contributed by atoms with Crippen molar-refractivity contribution in [2.45, 2.75) is 25.8 Å². The maximum Gasteiger partial charge on any atom is 0.140 e. The smallest absolute Gasteiger partial charge is 0.140 e. The first-order valence-electron chi connectivity index (χ1n) is 4.20. The molecule has 0 aliphatic carbocycles. The highest BCUT2D eigenvalue weighted by Crippen LogP contribution is 2.34. The molecular formula is C9H11Cl3N. The Labute approximate surface area is 93.9 Å². The summed E-state index contributed by atoms with van der Waals surface area (Å²) in [6.07, 6.45) is 3.77. The lowest BCUT2D eigenvalue weighted by Gasteiger charge is -2.29. The molecule has 1 nitrogen and oxygen atoms in total. The van der Waals surface area contributed by atoms with Gasteiger partial charge in [0.1, 0.15) is 5.50 Å². The molecule has 0 spiro atoms. The van der Waals surface area contributed by atoms with Crippen LogP contribution in [-0.4, -0.2) is 16.9 Å². The van der Waals surface area contributed by atoms with Crippen molar-refractivity contribution >= 4 is 34.8 Å². The first kappa shape index (κ1) is 11.2. The Morgan fingerprint density at radius 3 is 2.46 bits per heavy atom. The van der Waals surface area contributed by atoms with Crippen LogP contribution in [-0.2, 0) is 0 Å². The summed E-state index contributed by atoms with van der Waals surface area (Å²) in [7, 11) is 0. The second-order valence-electron chi connectivity index (χ2n) is 2.73. The van der Waals surface area contributed by atoms with Gasteiger partial charge in [0.2, 0.25) is 0 Å². The predicted molar refractivity (Wildman–Crippen MR) is 57.8 cm³/mol. The van der Waals surface area contributed by atoms with Gasteiger partial charge in [-0.25, -0.2) is 0 Å². The number of rotatable bonds is 2. The summed E-state index contributed by atoms with van der Waals surface area (Å²) in [5.41, 5.74) is 0.581. The van der Waals surface area contributed by atoms with Gasteiger partial charge in [0.15, 0.2) is 0 Å². The molecular weight excluding hydrogens is 228 g/mol. The van der Waals surface area contributed by atoms with Gasteiger partial charge in [-0.2, -0.15) is 0 Å². The zero-order valence-corrected chi connectivity index (χ0v) is 9.84. The van der Waals surface area contributed by atoms with Gasteiger partial charge in [-0.15, -0.1) is 0 Å². The molecule has 0 bridgehead atoms. The summed E-state index contributed by atoms with van der Waals surface area (Å²) in [5, 5.41) is 1.20. The lowest BCUT2D eigenvalue weighted by Crippen LogP contribution is -2.30. The molecule has 1 unspecified atom stereocenters. The Morgan fingerprint density at radius 1 is 1.38 bits per heavy atom. The van der Waals surface area contributed by atoms with Crippen molar-refractivity contribution in [1.82, 2.24) is 4.90 Å². The molecule has 13 heavy (non-hydrogen) atoms. The van der Waals surface area contributed by atoms with Crippen LogP contribution in [0, 0.1) is 6.20 Å². The van der Waals surface area contributed by atoms with Crippen LogP contribution in [0.15, 0.2) is 15.6 Å². The number of hydrogen-bond acceptors (Lipinski definition) is 1. The maximum atomic E-state index is 6.07. The van der Waals surface area contributed by atoms with E-state index in [2.05, 4.69) is 6.20 Å². The fraction of sp³-hybridized carbons (Fsp3) is 0.556. The van der Waals surface area contributed by atoms with E-state index < -0.39 is 0 Å². The second kappa shape index (κ2) is 4.59. The van der Waals surface area contributed by atoms with Gasteiger partial charge in [0.05, 0.1) is 16.3 Å². The van der Waals surface area contributed by atoms with Crippen molar-refractivity contribution in [2.24, 2.45) is 0 Å². The monoisotopic (exact) mass is 238 g/mol. The Morgan fingerprint density at radius 2 is 2.00 bits per heavy atom. The van der Waals surface area contributed by atoms with Gasteiger partial charge < -0.3 is 4.90 Å². The molecule has 1 atom stereocenters. The quantitative estimate of drug-likeness (QED) is 0.525. The Balaban J connectivity index is 2.99. The Bertz CT molecular complexity index is 258.